The number of carbonyl (C=O) groups is 4. The van der Waals surface area contributed by atoms with E-state index in [1.54, 1.807) is 36.5 Å². The van der Waals surface area contributed by atoms with Crippen molar-refractivity contribution < 1.29 is 19.2 Å². The van der Waals surface area contributed by atoms with Gasteiger partial charge in [0, 0.05) is 41.0 Å². The minimum absolute atomic E-state index is 0.0730. The molecule has 0 bridgehead atoms. The van der Waals surface area contributed by atoms with Crippen molar-refractivity contribution >= 4 is 35.0 Å². The molecule has 0 saturated carbocycles. The lowest BCUT2D eigenvalue weighted by molar-refractivity contribution is -0.137. The second-order valence-corrected chi connectivity index (χ2v) is 8.20. The van der Waals surface area contributed by atoms with E-state index in [-0.39, 0.29) is 43.7 Å². The van der Waals surface area contributed by atoms with Gasteiger partial charge in [0.2, 0.25) is 17.7 Å². The molecule has 2 aliphatic heterocycles. The van der Waals surface area contributed by atoms with Crippen LogP contribution in [-0.4, -0.2) is 49.6 Å². The van der Waals surface area contributed by atoms with Crippen LogP contribution in [0.2, 0.25) is 0 Å². The molecular formula is C23H21N7O4. The molecule has 2 aromatic carbocycles. The van der Waals surface area contributed by atoms with Gasteiger partial charge in [-0.3, -0.25) is 24.5 Å². The number of fused-ring (bicyclic) bond motifs is 1. The Morgan fingerprint density at radius 2 is 1.94 bits per heavy atom. The summed E-state index contributed by atoms with van der Waals surface area (Å²) in [5.41, 5.74) is 9.33. The van der Waals surface area contributed by atoms with Crippen molar-refractivity contribution in [2.75, 3.05) is 11.1 Å². The van der Waals surface area contributed by atoms with Gasteiger partial charge in [-0.25, -0.2) is 4.68 Å². The third-order valence-electron chi connectivity index (χ3n) is 5.91. The van der Waals surface area contributed by atoms with E-state index in [0.29, 0.717) is 28.2 Å². The molecular weight excluding hydrogens is 438 g/mol. The molecule has 1 fully saturated rings. The molecule has 0 spiro atoms. The molecule has 3 aromatic rings. The highest BCUT2D eigenvalue weighted by molar-refractivity contribution is 6.06. The van der Waals surface area contributed by atoms with Gasteiger partial charge in [0.1, 0.15) is 18.3 Å². The van der Waals surface area contributed by atoms with Crippen LogP contribution in [0.1, 0.15) is 28.8 Å². The predicted molar refractivity (Wildman–Crippen MR) is 121 cm³/mol. The first-order valence-corrected chi connectivity index (χ1v) is 10.7. The summed E-state index contributed by atoms with van der Waals surface area (Å²) in [6.07, 6.45) is 2.11. The first kappa shape index (κ1) is 21.3. The molecule has 2 aliphatic rings. The van der Waals surface area contributed by atoms with Crippen LogP contribution in [0.25, 0.3) is 11.3 Å². The van der Waals surface area contributed by atoms with Crippen molar-refractivity contribution in [2.45, 2.75) is 32.0 Å². The van der Waals surface area contributed by atoms with E-state index in [2.05, 4.69) is 20.9 Å². The largest absolute Gasteiger partial charge is 0.399 e. The lowest BCUT2D eigenvalue weighted by atomic mass is 10.0. The molecule has 34 heavy (non-hydrogen) atoms. The zero-order chi connectivity index (χ0) is 23.8. The number of anilines is 2. The molecule has 0 aliphatic carbocycles. The maximum Gasteiger partial charge on any atom is 0.255 e. The number of carbonyl (C=O) groups excluding carboxylic acids is 4. The Kier molecular flexibility index (Phi) is 5.28. The summed E-state index contributed by atoms with van der Waals surface area (Å²) in [6.45, 7) is 0.0952. The first-order chi connectivity index (χ1) is 16.4. The highest BCUT2D eigenvalue weighted by atomic mass is 16.2. The highest BCUT2D eigenvalue weighted by Gasteiger charge is 2.39. The number of hydrogen-bond donors (Lipinski definition) is 3. The Balaban J connectivity index is 1.28. The van der Waals surface area contributed by atoms with Crippen LogP contribution < -0.4 is 16.4 Å². The quantitative estimate of drug-likeness (QED) is 0.379. The molecule has 11 nitrogen and oxygen atoms in total. The van der Waals surface area contributed by atoms with Crippen molar-refractivity contribution in [1.82, 2.24) is 25.2 Å². The van der Waals surface area contributed by atoms with Gasteiger partial charge in [-0.2, -0.15) is 0 Å². The van der Waals surface area contributed by atoms with Crippen LogP contribution in [-0.2, 0) is 27.5 Å². The third kappa shape index (κ3) is 3.98. The molecule has 3 heterocycles. The number of piperidine rings is 1. The monoisotopic (exact) mass is 459 g/mol. The van der Waals surface area contributed by atoms with Gasteiger partial charge >= 0.3 is 0 Å². The Morgan fingerprint density at radius 3 is 2.71 bits per heavy atom. The van der Waals surface area contributed by atoms with Crippen LogP contribution in [0, 0.1) is 0 Å². The standard InChI is InChI=1S/C23H21N7O4/c24-14-6-4-13(5-7-14)18-11-29(28-27-18)12-21(32)25-17-3-1-2-15-16(17)10-30(23(15)34)19-8-9-20(31)26-22(19)33/h1-7,11,19H,8-10,12,24H2,(H,25,32)(H,26,31,33). The van der Waals surface area contributed by atoms with Gasteiger partial charge in [-0.05, 0) is 30.7 Å². The number of nitrogens with zero attached hydrogens (tertiary/aromatic N) is 4. The number of aromatic nitrogens is 3. The van der Waals surface area contributed by atoms with Gasteiger partial charge in [-0.15, -0.1) is 5.10 Å². The number of nitrogens with two attached hydrogens (primary N) is 1. The van der Waals surface area contributed by atoms with Crippen molar-refractivity contribution in [1.29, 1.82) is 0 Å². The fourth-order valence-electron chi connectivity index (χ4n) is 4.20. The maximum atomic E-state index is 12.9. The lowest BCUT2D eigenvalue weighted by Gasteiger charge is -2.29. The smallest absolute Gasteiger partial charge is 0.255 e. The van der Waals surface area contributed by atoms with Crippen molar-refractivity contribution in [3.63, 3.8) is 0 Å². The summed E-state index contributed by atoms with van der Waals surface area (Å²) in [7, 11) is 0. The molecule has 0 radical (unpaired) electrons. The molecule has 1 unspecified atom stereocenters. The number of amides is 4. The van der Waals surface area contributed by atoms with Crippen molar-refractivity contribution in [3.8, 4) is 11.3 Å². The fraction of sp³-hybridized carbons (Fsp3) is 0.217. The Hall–Kier alpha value is -4.54. The van der Waals surface area contributed by atoms with Crippen LogP contribution in [0.4, 0.5) is 11.4 Å². The Morgan fingerprint density at radius 1 is 1.15 bits per heavy atom. The summed E-state index contributed by atoms with van der Waals surface area (Å²) in [5, 5.41) is 13.2. The number of nitrogens with one attached hydrogen (secondary N) is 2. The molecule has 1 saturated heterocycles. The number of benzene rings is 2. The van der Waals surface area contributed by atoms with E-state index in [1.165, 1.54) is 9.58 Å². The third-order valence-corrected chi connectivity index (χ3v) is 5.91. The minimum atomic E-state index is -0.719. The Labute approximate surface area is 193 Å². The van der Waals surface area contributed by atoms with Crippen LogP contribution in [0.15, 0.2) is 48.7 Å². The predicted octanol–water partition coefficient (Wildman–Crippen LogP) is 0.927. The topological polar surface area (TPSA) is 152 Å². The van der Waals surface area contributed by atoms with Crippen LogP contribution in [0.5, 0.6) is 0 Å². The fourth-order valence-corrected chi connectivity index (χ4v) is 4.20. The van der Waals surface area contributed by atoms with Crippen molar-refractivity contribution in [2.24, 2.45) is 0 Å². The number of hydrogen-bond acceptors (Lipinski definition) is 7. The van der Waals surface area contributed by atoms with E-state index >= 15 is 0 Å². The van der Waals surface area contributed by atoms with Gasteiger partial charge in [0.25, 0.3) is 5.91 Å². The summed E-state index contributed by atoms with van der Waals surface area (Å²) in [5.74, 6) is -1.46. The van der Waals surface area contributed by atoms with Gasteiger partial charge in [-0.1, -0.05) is 23.4 Å². The van der Waals surface area contributed by atoms with E-state index in [9.17, 15) is 19.2 Å². The molecule has 5 rings (SSSR count). The molecule has 1 atom stereocenters. The zero-order valence-electron chi connectivity index (χ0n) is 18.0. The van der Waals surface area contributed by atoms with E-state index in [0.717, 1.165) is 5.56 Å². The van der Waals surface area contributed by atoms with E-state index in [1.807, 2.05) is 12.1 Å². The second-order valence-electron chi connectivity index (χ2n) is 8.20. The number of rotatable bonds is 5. The molecule has 172 valence electrons. The molecule has 11 heteroatoms. The van der Waals surface area contributed by atoms with Gasteiger partial charge in [0.05, 0.1) is 6.20 Å². The summed E-state index contributed by atoms with van der Waals surface area (Å²) in [4.78, 5) is 50.8. The van der Waals surface area contributed by atoms with E-state index < -0.39 is 11.9 Å². The molecule has 4 amide bonds. The lowest BCUT2D eigenvalue weighted by Crippen LogP contribution is -2.52. The Bertz CT molecular complexity index is 1320. The number of imide groups is 1. The maximum absolute atomic E-state index is 12.9. The normalized spacial score (nSPS) is 17.5. The average Bonchev–Trinajstić information content (AvgIpc) is 3.40. The minimum Gasteiger partial charge on any atom is -0.399 e. The van der Waals surface area contributed by atoms with Crippen molar-refractivity contribution in [3.05, 3.63) is 59.8 Å². The zero-order valence-corrected chi connectivity index (χ0v) is 18.0. The summed E-state index contributed by atoms with van der Waals surface area (Å²) < 4.78 is 1.42. The van der Waals surface area contributed by atoms with E-state index in [4.69, 9.17) is 5.73 Å². The second kappa shape index (κ2) is 8.43. The average molecular weight is 459 g/mol. The highest BCUT2D eigenvalue weighted by Crippen LogP contribution is 2.32. The van der Waals surface area contributed by atoms with Crippen LogP contribution in [0.3, 0.4) is 0 Å². The molecule has 4 N–H and O–H groups in total. The van der Waals surface area contributed by atoms with Gasteiger partial charge in [0.15, 0.2) is 0 Å². The summed E-state index contributed by atoms with van der Waals surface area (Å²) in [6, 6.07) is 11.5. The molecule has 1 aromatic heterocycles. The van der Waals surface area contributed by atoms with Crippen LogP contribution >= 0.6 is 0 Å². The SMILES string of the molecule is Nc1ccc(-c2cn(CC(=O)Nc3cccc4c3CN(C3CCC(=O)NC3=O)C4=O)nn2)cc1. The van der Waals surface area contributed by atoms with Gasteiger partial charge < -0.3 is 16.0 Å². The first-order valence-electron chi connectivity index (χ1n) is 10.7. The number of nitrogen functional groups attached to an aromatic ring is 1. The summed E-state index contributed by atoms with van der Waals surface area (Å²) >= 11 is 0.